The fraction of sp³-hybridized carbons (Fsp3) is 0.0667. The standard InChI is InChI=1S/C15H11N3O2S/c1-18(14-6-2-4-12(8-14)10-16)21(19,20)15-7-3-5-13(9-15)11-17/h2-9H,1H3. The highest BCUT2D eigenvalue weighted by Crippen LogP contribution is 2.23. The smallest absolute Gasteiger partial charge is 0.264 e. The molecule has 0 bridgehead atoms. The highest BCUT2D eigenvalue weighted by Gasteiger charge is 2.21. The summed E-state index contributed by atoms with van der Waals surface area (Å²) in [6.07, 6.45) is 0. The van der Waals surface area contributed by atoms with Gasteiger partial charge < -0.3 is 0 Å². The van der Waals surface area contributed by atoms with Gasteiger partial charge in [-0.2, -0.15) is 10.5 Å². The number of hydrogen-bond acceptors (Lipinski definition) is 4. The van der Waals surface area contributed by atoms with Gasteiger partial charge in [0.05, 0.1) is 33.8 Å². The SMILES string of the molecule is CN(c1cccc(C#N)c1)S(=O)(=O)c1cccc(C#N)c1. The Morgan fingerprint density at radius 3 is 2.14 bits per heavy atom. The van der Waals surface area contributed by atoms with Gasteiger partial charge in [-0.25, -0.2) is 8.42 Å². The molecule has 104 valence electrons. The Kier molecular flexibility index (Phi) is 3.93. The lowest BCUT2D eigenvalue weighted by molar-refractivity contribution is 0.594. The zero-order valence-corrected chi connectivity index (χ0v) is 12.0. The fourth-order valence-corrected chi connectivity index (χ4v) is 3.03. The van der Waals surface area contributed by atoms with E-state index in [1.165, 1.54) is 37.4 Å². The first-order valence-electron chi connectivity index (χ1n) is 5.98. The molecule has 0 aliphatic rings. The van der Waals surface area contributed by atoms with Gasteiger partial charge in [0, 0.05) is 7.05 Å². The van der Waals surface area contributed by atoms with E-state index in [-0.39, 0.29) is 10.5 Å². The summed E-state index contributed by atoms with van der Waals surface area (Å²) >= 11 is 0. The van der Waals surface area contributed by atoms with Crippen LogP contribution in [0.5, 0.6) is 0 Å². The first-order valence-corrected chi connectivity index (χ1v) is 7.42. The Balaban J connectivity index is 2.48. The van der Waals surface area contributed by atoms with Gasteiger partial charge in [0.15, 0.2) is 0 Å². The minimum Gasteiger partial charge on any atom is -0.269 e. The molecular formula is C15H11N3O2S. The topological polar surface area (TPSA) is 85.0 Å². The summed E-state index contributed by atoms with van der Waals surface area (Å²) < 4.78 is 26.2. The first-order chi connectivity index (χ1) is 9.98. The molecule has 21 heavy (non-hydrogen) atoms. The Labute approximate surface area is 123 Å². The van der Waals surface area contributed by atoms with Crippen molar-refractivity contribution in [3.8, 4) is 12.1 Å². The lowest BCUT2D eigenvalue weighted by Crippen LogP contribution is -2.26. The Hall–Kier alpha value is -2.83. The molecule has 0 aliphatic carbocycles. The molecule has 6 heteroatoms. The summed E-state index contributed by atoms with van der Waals surface area (Å²) in [5.74, 6) is 0. The molecule has 0 spiro atoms. The molecule has 2 rings (SSSR count). The van der Waals surface area contributed by atoms with Crippen molar-refractivity contribution >= 4 is 15.7 Å². The number of sulfonamides is 1. The summed E-state index contributed by atoms with van der Waals surface area (Å²) in [6.45, 7) is 0. The molecule has 0 atom stereocenters. The maximum atomic E-state index is 12.5. The molecule has 0 aromatic heterocycles. The van der Waals surface area contributed by atoms with Gasteiger partial charge in [0.1, 0.15) is 0 Å². The van der Waals surface area contributed by atoms with Crippen LogP contribution in [0.3, 0.4) is 0 Å². The normalized spacial score (nSPS) is 10.4. The molecule has 0 heterocycles. The van der Waals surface area contributed by atoms with Crippen LogP contribution in [0.15, 0.2) is 53.4 Å². The van der Waals surface area contributed by atoms with Crippen LogP contribution in [0.25, 0.3) is 0 Å². The molecule has 5 nitrogen and oxygen atoms in total. The van der Waals surface area contributed by atoms with E-state index < -0.39 is 10.0 Å². The lowest BCUT2D eigenvalue weighted by Gasteiger charge is -2.19. The maximum Gasteiger partial charge on any atom is 0.264 e. The van der Waals surface area contributed by atoms with Crippen LogP contribution >= 0.6 is 0 Å². The minimum absolute atomic E-state index is 0.0337. The Morgan fingerprint density at radius 1 is 0.952 bits per heavy atom. The average molecular weight is 297 g/mol. The zero-order valence-electron chi connectivity index (χ0n) is 11.2. The predicted octanol–water partition coefficient (Wildman–Crippen LogP) is 2.26. The fourth-order valence-electron chi connectivity index (χ4n) is 1.79. The third-order valence-corrected chi connectivity index (χ3v) is 4.74. The number of benzene rings is 2. The average Bonchev–Trinajstić information content (AvgIpc) is 2.54. The summed E-state index contributed by atoms with van der Waals surface area (Å²) in [5, 5.41) is 17.7. The van der Waals surface area contributed by atoms with Crippen molar-refractivity contribution in [1.82, 2.24) is 0 Å². The summed E-state index contributed by atoms with van der Waals surface area (Å²) in [5.41, 5.74) is 1.03. The van der Waals surface area contributed by atoms with Gasteiger partial charge in [-0.1, -0.05) is 12.1 Å². The van der Waals surface area contributed by atoms with Crippen molar-refractivity contribution in [2.24, 2.45) is 0 Å². The molecule has 2 aromatic rings. The number of nitrogens with zero attached hydrogens (tertiary/aromatic N) is 3. The monoisotopic (exact) mass is 297 g/mol. The number of nitriles is 2. The zero-order chi connectivity index (χ0) is 15.5. The van der Waals surface area contributed by atoms with Crippen LogP contribution in [0, 0.1) is 22.7 Å². The van der Waals surface area contributed by atoms with E-state index in [1.807, 2.05) is 12.1 Å². The van der Waals surface area contributed by atoms with Gasteiger partial charge in [0.25, 0.3) is 10.0 Å². The van der Waals surface area contributed by atoms with E-state index >= 15 is 0 Å². The minimum atomic E-state index is -3.78. The van der Waals surface area contributed by atoms with Crippen LogP contribution in [0.2, 0.25) is 0 Å². The number of hydrogen-bond donors (Lipinski definition) is 0. The highest BCUT2D eigenvalue weighted by molar-refractivity contribution is 7.92. The van der Waals surface area contributed by atoms with E-state index in [4.69, 9.17) is 10.5 Å². The summed E-state index contributed by atoms with van der Waals surface area (Å²) in [7, 11) is -2.37. The van der Waals surface area contributed by atoms with Crippen molar-refractivity contribution in [3.05, 3.63) is 59.7 Å². The second kappa shape index (κ2) is 5.66. The van der Waals surface area contributed by atoms with Crippen molar-refractivity contribution < 1.29 is 8.42 Å². The number of anilines is 1. The van der Waals surface area contributed by atoms with Crippen molar-refractivity contribution in [1.29, 1.82) is 10.5 Å². The highest BCUT2D eigenvalue weighted by atomic mass is 32.2. The quantitative estimate of drug-likeness (QED) is 0.869. The van der Waals surface area contributed by atoms with Gasteiger partial charge in [-0.05, 0) is 36.4 Å². The second-order valence-electron chi connectivity index (χ2n) is 4.27. The van der Waals surface area contributed by atoms with Crippen molar-refractivity contribution in [3.63, 3.8) is 0 Å². The third kappa shape index (κ3) is 2.86. The summed E-state index contributed by atoms with van der Waals surface area (Å²) in [6, 6.07) is 16.0. The van der Waals surface area contributed by atoms with Crippen LogP contribution in [0.1, 0.15) is 11.1 Å². The van der Waals surface area contributed by atoms with E-state index in [0.29, 0.717) is 11.3 Å². The first kappa shape index (κ1) is 14.6. The third-order valence-electron chi connectivity index (χ3n) is 2.96. The molecule has 0 fully saturated rings. The molecule has 0 aliphatic heterocycles. The van der Waals surface area contributed by atoms with Gasteiger partial charge in [-0.3, -0.25) is 4.31 Å². The van der Waals surface area contributed by atoms with Gasteiger partial charge >= 0.3 is 0 Å². The predicted molar refractivity (Wildman–Crippen MR) is 77.9 cm³/mol. The Bertz CT molecular complexity index is 861. The van der Waals surface area contributed by atoms with Crippen LogP contribution in [-0.4, -0.2) is 15.5 Å². The summed E-state index contributed by atoms with van der Waals surface area (Å²) in [4.78, 5) is 0.0337. The molecular weight excluding hydrogens is 286 g/mol. The Morgan fingerprint density at radius 2 is 1.52 bits per heavy atom. The molecule has 0 saturated heterocycles. The number of rotatable bonds is 3. The molecule has 0 saturated carbocycles. The largest absolute Gasteiger partial charge is 0.269 e. The van der Waals surface area contributed by atoms with E-state index in [9.17, 15) is 8.42 Å². The molecule has 0 radical (unpaired) electrons. The van der Waals surface area contributed by atoms with Gasteiger partial charge in [-0.15, -0.1) is 0 Å². The van der Waals surface area contributed by atoms with Crippen molar-refractivity contribution in [2.45, 2.75) is 4.90 Å². The lowest BCUT2D eigenvalue weighted by atomic mass is 10.2. The van der Waals surface area contributed by atoms with Crippen LogP contribution in [-0.2, 0) is 10.0 Å². The second-order valence-corrected chi connectivity index (χ2v) is 6.24. The molecule has 2 aromatic carbocycles. The van der Waals surface area contributed by atoms with E-state index in [2.05, 4.69) is 0 Å². The van der Waals surface area contributed by atoms with Crippen LogP contribution < -0.4 is 4.31 Å². The van der Waals surface area contributed by atoms with E-state index in [1.54, 1.807) is 18.2 Å². The van der Waals surface area contributed by atoms with E-state index in [0.717, 1.165) is 4.31 Å². The van der Waals surface area contributed by atoms with Crippen molar-refractivity contribution in [2.75, 3.05) is 11.4 Å². The molecule has 0 N–H and O–H groups in total. The van der Waals surface area contributed by atoms with Gasteiger partial charge in [0.2, 0.25) is 0 Å². The maximum absolute atomic E-state index is 12.5. The molecule has 0 unspecified atom stereocenters. The van der Waals surface area contributed by atoms with Crippen LogP contribution in [0.4, 0.5) is 5.69 Å². The molecule has 0 amide bonds.